The molecule has 24 heavy (non-hydrogen) atoms. The first kappa shape index (κ1) is 16.6. The molecule has 1 heterocycles. The highest BCUT2D eigenvalue weighted by atomic mass is 19.1. The lowest BCUT2D eigenvalue weighted by atomic mass is 9.97. The van der Waals surface area contributed by atoms with E-state index >= 15 is 0 Å². The van der Waals surface area contributed by atoms with E-state index in [1.165, 1.54) is 18.2 Å². The van der Waals surface area contributed by atoms with Crippen LogP contribution in [-0.4, -0.2) is 30.4 Å². The van der Waals surface area contributed by atoms with Crippen molar-refractivity contribution in [3.63, 3.8) is 0 Å². The summed E-state index contributed by atoms with van der Waals surface area (Å²) in [6, 6.07) is 10.2. The summed E-state index contributed by atoms with van der Waals surface area (Å²) in [5.74, 6) is -1.08. The van der Waals surface area contributed by atoms with E-state index in [1.807, 2.05) is 0 Å². The summed E-state index contributed by atoms with van der Waals surface area (Å²) in [7, 11) is 0. The Morgan fingerprint density at radius 2 is 1.88 bits per heavy atom. The molecule has 3 nitrogen and oxygen atoms in total. The molecule has 1 fully saturated rings. The van der Waals surface area contributed by atoms with Gasteiger partial charge in [-0.1, -0.05) is 18.2 Å². The van der Waals surface area contributed by atoms with Crippen molar-refractivity contribution in [2.45, 2.75) is 12.8 Å². The van der Waals surface area contributed by atoms with Crippen LogP contribution >= 0.6 is 0 Å². The second kappa shape index (κ2) is 7.09. The molecule has 0 bridgehead atoms. The fourth-order valence-electron chi connectivity index (χ4n) is 3.21. The van der Waals surface area contributed by atoms with Gasteiger partial charge < -0.3 is 10.6 Å². The number of benzene rings is 2. The van der Waals surface area contributed by atoms with Gasteiger partial charge in [0.2, 0.25) is 0 Å². The van der Waals surface area contributed by atoms with Crippen molar-refractivity contribution in [3.8, 4) is 11.1 Å². The fourth-order valence-corrected chi connectivity index (χ4v) is 3.21. The maximum absolute atomic E-state index is 14.0. The molecule has 0 spiro atoms. The molecule has 1 aliphatic rings. The van der Waals surface area contributed by atoms with E-state index in [4.69, 9.17) is 5.73 Å². The van der Waals surface area contributed by atoms with Gasteiger partial charge in [0, 0.05) is 18.7 Å². The summed E-state index contributed by atoms with van der Waals surface area (Å²) in [5.41, 5.74) is 6.41. The average molecular weight is 330 g/mol. The average Bonchev–Trinajstić information content (AvgIpc) is 2.61. The van der Waals surface area contributed by atoms with Gasteiger partial charge in [-0.2, -0.15) is 0 Å². The van der Waals surface area contributed by atoms with Gasteiger partial charge >= 0.3 is 0 Å². The summed E-state index contributed by atoms with van der Waals surface area (Å²) < 4.78 is 27.9. The van der Waals surface area contributed by atoms with Gasteiger partial charge in [-0.15, -0.1) is 0 Å². The number of rotatable bonds is 3. The van der Waals surface area contributed by atoms with Crippen molar-refractivity contribution in [1.29, 1.82) is 0 Å². The van der Waals surface area contributed by atoms with E-state index in [1.54, 1.807) is 29.2 Å². The second-order valence-corrected chi connectivity index (χ2v) is 6.17. The second-order valence-electron chi connectivity index (χ2n) is 6.17. The molecule has 0 saturated carbocycles. The number of carbonyl (C=O) groups is 1. The fraction of sp³-hybridized carbons (Fsp3) is 0.316. The maximum Gasteiger partial charge on any atom is 0.253 e. The van der Waals surface area contributed by atoms with Gasteiger partial charge in [0.1, 0.15) is 11.6 Å². The van der Waals surface area contributed by atoms with Crippen LogP contribution < -0.4 is 5.73 Å². The summed E-state index contributed by atoms with van der Waals surface area (Å²) in [6.07, 6.45) is 1.95. The van der Waals surface area contributed by atoms with Gasteiger partial charge in [-0.05, 0) is 55.1 Å². The molecular formula is C19H20F2N2O. The molecule has 126 valence electrons. The Balaban J connectivity index is 1.89. The molecule has 5 heteroatoms. The lowest BCUT2D eigenvalue weighted by molar-refractivity contribution is 0.0678. The largest absolute Gasteiger partial charge is 0.338 e. The van der Waals surface area contributed by atoms with Crippen LogP contribution in [-0.2, 0) is 0 Å². The van der Waals surface area contributed by atoms with Crippen LogP contribution in [0.15, 0.2) is 42.5 Å². The Labute approximate surface area is 140 Å². The van der Waals surface area contributed by atoms with E-state index in [-0.39, 0.29) is 11.5 Å². The van der Waals surface area contributed by atoms with E-state index in [0.717, 1.165) is 12.8 Å². The summed E-state index contributed by atoms with van der Waals surface area (Å²) in [6.45, 7) is 1.88. The van der Waals surface area contributed by atoms with Crippen LogP contribution in [0.4, 0.5) is 8.78 Å². The first-order chi connectivity index (χ1) is 11.6. The third-order valence-electron chi connectivity index (χ3n) is 4.50. The van der Waals surface area contributed by atoms with Crippen molar-refractivity contribution in [2.24, 2.45) is 11.7 Å². The molecule has 2 aromatic rings. The van der Waals surface area contributed by atoms with Crippen molar-refractivity contribution in [1.82, 2.24) is 4.90 Å². The summed E-state index contributed by atoms with van der Waals surface area (Å²) in [5, 5.41) is 0. The topological polar surface area (TPSA) is 46.3 Å². The molecule has 0 radical (unpaired) electrons. The lowest BCUT2D eigenvalue weighted by Crippen LogP contribution is -2.42. The number of nitrogens with two attached hydrogens (primary N) is 1. The molecule has 3 rings (SSSR count). The Morgan fingerprint density at radius 1 is 1.17 bits per heavy atom. The van der Waals surface area contributed by atoms with Crippen LogP contribution in [0, 0.1) is 17.6 Å². The molecule has 1 saturated heterocycles. The van der Waals surface area contributed by atoms with Crippen molar-refractivity contribution < 1.29 is 13.6 Å². The molecule has 1 atom stereocenters. The van der Waals surface area contributed by atoms with E-state index < -0.39 is 11.6 Å². The third kappa shape index (κ3) is 3.31. The van der Waals surface area contributed by atoms with Crippen molar-refractivity contribution in [3.05, 3.63) is 59.7 Å². The van der Waals surface area contributed by atoms with Crippen molar-refractivity contribution in [2.75, 3.05) is 19.6 Å². The predicted octanol–water partition coefficient (Wildman–Crippen LogP) is 3.44. The number of hydrogen-bond donors (Lipinski definition) is 1. The minimum absolute atomic E-state index is 0.106. The zero-order valence-corrected chi connectivity index (χ0v) is 13.3. The maximum atomic E-state index is 14.0. The quantitative estimate of drug-likeness (QED) is 0.937. The zero-order valence-electron chi connectivity index (χ0n) is 13.3. The Morgan fingerprint density at radius 3 is 2.58 bits per heavy atom. The van der Waals surface area contributed by atoms with Gasteiger partial charge in [0.25, 0.3) is 5.91 Å². The SMILES string of the molecule is NCC1CCCN(C(=O)c2cccc(-c3c(F)cccc3F)c2)C1. The van der Waals surface area contributed by atoms with Crippen molar-refractivity contribution >= 4 is 5.91 Å². The zero-order chi connectivity index (χ0) is 17.1. The van der Waals surface area contributed by atoms with Gasteiger partial charge in [0.15, 0.2) is 0 Å². The highest BCUT2D eigenvalue weighted by molar-refractivity contribution is 5.95. The van der Waals surface area contributed by atoms with Crippen LogP contribution in [0.1, 0.15) is 23.2 Å². The first-order valence-electron chi connectivity index (χ1n) is 8.14. The van der Waals surface area contributed by atoms with E-state index in [9.17, 15) is 13.6 Å². The number of halogens is 2. The monoisotopic (exact) mass is 330 g/mol. The smallest absolute Gasteiger partial charge is 0.253 e. The molecule has 1 aliphatic heterocycles. The predicted molar refractivity (Wildman–Crippen MR) is 89.5 cm³/mol. The highest BCUT2D eigenvalue weighted by Gasteiger charge is 2.24. The molecule has 2 N–H and O–H groups in total. The number of nitrogens with zero attached hydrogens (tertiary/aromatic N) is 1. The molecule has 0 aromatic heterocycles. The number of hydrogen-bond acceptors (Lipinski definition) is 2. The number of piperidine rings is 1. The van der Waals surface area contributed by atoms with Gasteiger partial charge in [-0.3, -0.25) is 4.79 Å². The Bertz CT molecular complexity index is 728. The molecule has 1 amide bonds. The number of amides is 1. The molecule has 2 aromatic carbocycles. The van der Waals surface area contributed by atoms with E-state index in [0.29, 0.717) is 36.7 Å². The minimum atomic E-state index is -0.638. The first-order valence-corrected chi connectivity index (χ1v) is 8.14. The Kier molecular flexibility index (Phi) is 4.90. The highest BCUT2D eigenvalue weighted by Crippen LogP contribution is 2.27. The van der Waals surface area contributed by atoms with Gasteiger partial charge in [0.05, 0.1) is 5.56 Å². The molecular weight excluding hydrogens is 310 g/mol. The number of carbonyl (C=O) groups excluding carboxylic acids is 1. The lowest BCUT2D eigenvalue weighted by Gasteiger charge is -2.32. The minimum Gasteiger partial charge on any atom is -0.338 e. The normalized spacial score (nSPS) is 17.8. The van der Waals surface area contributed by atoms with Crippen LogP contribution in [0.5, 0.6) is 0 Å². The molecule has 0 aliphatic carbocycles. The Hall–Kier alpha value is -2.27. The van der Waals surface area contributed by atoms with E-state index in [2.05, 4.69) is 0 Å². The standard InChI is InChI=1S/C19H20F2N2O/c20-16-7-2-8-17(21)18(16)14-5-1-6-15(10-14)19(24)23-9-3-4-13(11-22)12-23/h1-2,5-8,10,13H,3-4,9,11-12,22H2. The number of likely N-dealkylation sites (tertiary alicyclic amines) is 1. The van der Waals surface area contributed by atoms with Crippen LogP contribution in [0.3, 0.4) is 0 Å². The molecule has 1 unspecified atom stereocenters. The summed E-state index contributed by atoms with van der Waals surface area (Å²) >= 11 is 0. The summed E-state index contributed by atoms with van der Waals surface area (Å²) in [4.78, 5) is 14.5. The van der Waals surface area contributed by atoms with Crippen LogP contribution in [0.2, 0.25) is 0 Å². The third-order valence-corrected chi connectivity index (χ3v) is 4.50. The van der Waals surface area contributed by atoms with Gasteiger partial charge in [-0.25, -0.2) is 8.78 Å². The van der Waals surface area contributed by atoms with Crippen LogP contribution in [0.25, 0.3) is 11.1 Å².